The summed E-state index contributed by atoms with van der Waals surface area (Å²) in [5.41, 5.74) is 0. The summed E-state index contributed by atoms with van der Waals surface area (Å²) in [6, 6.07) is 0. The van der Waals surface area contributed by atoms with E-state index in [4.69, 9.17) is 0 Å². The predicted molar refractivity (Wildman–Crippen MR) is 92.0 cm³/mol. The Kier molecular flexibility index (Phi) is 7.73. The molecule has 0 saturated heterocycles. The standard InChI is InChI=1S/C20H29F7O2/c21-15-8-12(11-4-2-1-3-5-11)6-7-14(15)20(26,27)29-13-9-16(22)18(17(23)10-13)28-19(24)25/h11-19H,1-10H2. The molecule has 0 N–H and O–H groups in total. The average molecular weight is 434 g/mol. The Morgan fingerprint density at radius 3 is 1.90 bits per heavy atom. The van der Waals surface area contributed by atoms with Gasteiger partial charge in [0, 0.05) is 12.8 Å². The van der Waals surface area contributed by atoms with E-state index in [9.17, 15) is 30.7 Å². The number of rotatable bonds is 6. The molecule has 0 aromatic heterocycles. The molecule has 3 rings (SSSR count). The second kappa shape index (κ2) is 9.71. The lowest BCUT2D eigenvalue weighted by Gasteiger charge is -2.41. The van der Waals surface area contributed by atoms with Crippen molar-refractivity contribution in [1.82, 2.24) is 0 Å². The largest absolute Gasteiger partial charge is 0.361 e. The van der Waals surface area contributed by atoms with E-state index in [0.29, 0.717) is 12.3 Å². The summed E-state index contributed by atoms with van der Waals surface area (Å²) in [5.74, 6) is -1.19. The minimum atomic E-state index is -3.86. The summed E-state index contributed by atoms with van der Waals surface area (Å²) in [6.07, 6.45) is -9.06. The maximum absolute atomic E-state index is 14.7. The van der Waals surface area contributed by atoms with Gasteiger partial charge in [0.2, 0.25) is 0 Å². The third-order valence-corrected chi connectivity index (χ3v) is 6.83. The number of hydrogen-bond donors (Lipinski definition) is 0. The van der Waals surface area contributed by atoms with E-state index in [-0.39, 0.29) is 18.8 Å². The van der Waals surface area contributed by atoms with Crippen molar-refractivity contribution >= 4 is 0 Å². The predicted octanol–water partition coefficient (Wildman–Crippen LogP) is 6.38. The normalized spacial score (nSPS) is 40.3. The zero-order chi connectivity index (χ0) is 21.2. The molecule has 3 aliphatic rings. The van der Waals surface area contributed by atoms with E-state index in [1.807, 2.05) is 0 Å². The Hall–Kier alpha value is -0.570. The Morgan fingerprint density at radius 2 is 1.34 bits per heavy atom. The van der Waals surface area contributed by atoms with Gasteiger partial charge >= 0.3 is 12.7 Å². The molecule has 0 aliphatic heterocycles. The van der Waals surface area contributed by atoms with Gasteiger partial charge in [-0.25, -0.2) is 13.2 Å². The van der Waals surface area contributed by atoms with Gasteiger partial charge in [0.15, 0.2) is 0 Å². The first-order chi connectivity index (χ1) is 13.7. The van der Waals surface area contributed by atoms with Crippen LogP contribution in [0.4, 0.5) is 30.7 Å². The highest BCUT2D eigenvalue weighted by atomic mass is 19.3. The summed E-state index contributed by atoms with van der Waals surface area (Å²) in [4.78, 5) is 0. The number of ether oxygens (including phenoxy) is 2. The third-order valence-electron chi connectivity index (χ3n) is 6.83. The fourth-order valence-electron chi connectivity index (χ4n) is 5.35. The highest BCUT2D eigenvalue weighted by molar-refractivity contribution is 4.92. The smallest absolute Gasteiger partial charge is 0.317 e. The molecule has 0 spiro atoms. The van der Waals surface area contributed by atoms with Crippen molar-refractivity contribution in [2.75, 3.05) is 0 Å². The molecule has 0 amide bonds. The summed E-state index contributed by atoms with van der Waals surface area (Å²) in [5, 5.41) is 0. The van der Waals surface area contributed by atoms with Gasteiger partial charge in [-0.05, 0) is 31.1 Å². The van der Waals surface area contributed by atoms with Crippen LogP contribution in [0.1, 0.15) is 64.2 Å². The van der Waals surface area contributed by atoms with E-state index in [0.717, 1.165) is 32.1 Å². The van der Waals surface area contributed by atoms with Gasteiger partial charge in [-0.3, -0.25) is 0 Å². The average Bonchev–Trinajstić information content (AvgIpc) is 2.64. The Balaban J connectivity index is 1.54. The highest BCUT2D eigenvalue weighted by Crippen LogP contribution is 2.47. The molecule has 0 aromatic rings. The molecule has 0 radical (unpaired) electrons. The van der Waals surface area contributed by atoms with E-state index in [2.05, 4.69) is 9.47 Å². The van der Waals surface area contributed by atoms with Gasteiger partial charge in [0.25, 0.3) is 0 Å². The molecule has 3 fully saturated rings. The molecular formula is C20H29F7O2. The molecule has 170 valence electrons. The molecule has 0 bridgehead atoms. The Bertz CT molecular complexity index is 503. The fourth-order valence-corrected chi connectivity index (χ4v) is 5.35. The van der Waals surface area contributed by atoms with Crippen LogP contribution in [0.25, 0.3) is 0 Å². The molecule has 0 heterocycles. The van der Waals surface area contributed by atoms with Crippen molar-refractivity contribution in [3.63, 3.8) is 0 Å². The van der Waals surface area contributed by atoms with Crippen molar-refractivity contribution in [2.45, 2.75) is 108 Å². The van der Waals surface area contributed by atoms with Crippen molar-refractivity contribution in [1.29, 1.82) is 0 Å². The van der Waals surface area contributed by atoms with E-state index in [1.165, 1.54) is 0 Å². The maximum Gasteiger partial charge on any atom is 0.361 e. The highest BCUT2D eigenvalue weighted by Gasteiger charge is 2.52. The lowest BCUT2D eigenvalue weighted by molar-refractivity contribution is -0.318. The lowest BCUT2D eigenvalue weighted by atomic mass is 9.70. The topological polar surface area (TPSA) is 18.5 Å². The number of halogens is 7. The van der Waals surface area contributed by atoms with E-state index >= 15 is 0 Å². The first-order valence-corrected chi connectivity index (χ1v) is 10.6. The molecule has 2 nitrogen and oxygen atoms in total. The number of hydrogen-bond acceptors (Lipinski definition) is 2. The molecule has 0 aromatic carbocycles. The first kappa shape index (κ1) is 23.1. The molecule has 9 heteroatoms. The second-order valence-corrected chi connectivity index (χ2v) is 8.76. The van der Waals surface area contributed by atoms with Gasteiger partial charge in [-0.1, -0.05) is 32.1 Å². The van der Waals surface area contributed by atoms with Crippen LogP contribution >= 0.6 is 0 Å². The molecule has 5 atom stereocenters. The van der Waals surface area contributed by atoms with Crippen LogP contribution < -0.4 is 0 Å². The van der Waals surface area contributed by atoms with Crippen LogP contribution in [0, 0.1) is 17.8 Å². The van der Waals surface area contributed by atoms with Gasteiger partial charge < -0.3 is 9.47 Å². The van der Waals surface area contributed by atoms with Gasteiger partial charge in [-0.2, -0.15) is 17.6 Å². The molecular weight excluding hydrogens is 405 g/mol. The summed E-state index contributed by atoms with van der Waals surface area (Å²) in [6.45, 7) is -3.36. The van der Waals surface area contributed by atoms with Crippen molar-refractivity contribution in [3.8, 4) is 0 Å². The molecule has 5 unspecified atom stereocenters. The summed E-state index contributed by atoms with van der Waals surface area (Å²) < 4.78 is 105. The minimum absolute atomic E-state index is 0.0444. The molecule has 3 saturated carbocycles. The quantitative estimate of drug-likeness (QED) is 0.452. The lowest BCUT2D eigenvalue weighted by Crippen LogP contribution is -2.50. The van der Waals surface area contributed by atoms with Gasteiger partial charge in [-0.15, -0.1) is 0 Å². The fraction of sp³-hybridized carbons (Fsp3) is 1.00. The van der Waals surface area contributed by atoms with Crippen molar-refractivity contribution in [2.24, 2.45) is 17.8 Å². The van der Waals surface area contributed by atoms with Crippen LogP contribution in [-0.2, 0) is 9.47 Å². The SMILES string of the molecule is FC(F)OC1C(F)CC(OC(F)(F)C2CCC(C3CCCCC3)CC2F)CC1F. The Labute approximate surface area is 166 Å². The van der Waals surface area contributed by atoms with Gasteiger partial charge in [0.1, 0.15) is 24.6 Å². The zero-order valence-corrected chi connectivity index (χ0v) is 16.2. The Morgan fingerprint density at radius 1 is 0.724 bits per heavy atom. The van der Waals surface area contributed by atoms with Crippen LogP contribution in [0.2, 0.25) is 0 Å². The van der Waals surface area contributed by atoms with Crippen LogP contribution in [0.15, 0.2) is 0 Å². The van der Waals surface area contributed by atoms with Crippen LogP contribution in [0.3, 0.4) is 0 Å². The zero-order valence-electron chi connectivity index (χ0n) is 16.2. The van der Waals surface area contributed by atoms with E-state index < -0.39 is 62.2 Å². The first-order valence-electron chi connectivity index (χ1n) is 10.6. The minimum Gasteiger partial charge on any atom is -0.317 e. The summed E-state index contributed by atoms with van der Waals surface area (Å²) in [7, 11) is 0. The number of alkyl halides is 7. The van der Waals surface area contributed by atoms with Gasteiger partial charge in [0.05, 0.1) is 12.0 Å². The maximum atomic E-state index is 14.7. The third kappa shape index (κ3) is 5.77. The van der Waals surface area contributed by atoms with E-state index in [1.54, 1.807) is 0 Å². The summed E-state index contributed by atoms with van der Waals surface area (Å²) >= 11 is 0. The second-order valence-electron chi connectivity index (χ2n) is 8.76. The molecule has 3 aliphatic carbocycles. The molecule has 29 heavy (non-hydrogen) atoms. The van der Waals surface area contributed by atoms with Crippen molar-refractivity contribution in [3.05, 3.63) is 0 Å². The van der Waals surface area contributed by atoms with Crippen LogP contribution in [-0.4, -0.2) is 43.4 Å². The van der Waals surface area contributed by atoms with Crippen LogP contribution in [0.5, 0.6) is 0 Å². The monoisotopic (exact) mass is 434 g/mol. The van der Waals surface area contributed by atoms with Crippen molar-refractivity contribution < 1.29 is 40.2 Å².